The molecule has 3 aliphatic carbocycles. The summed E-state index contributed by atoms with van der Waals surface area (Å²) in [5, 5.41) is 75.5. The van der Waals surface area contributed by atoms with Crippen LogP contribution in [0.25, 0.3) is 6.08 Å². The zero-order valence-electron chi connectivity index (χ0n) is 52.3. The third kappa shape index (κ3) is 10.6. The summed E-state index contributed by atoms with van der Waals surface area (Å²) in [6.07, 6.45) is 4.09. The molecule has 2 saturated heterocycles. The van der Waals surface area contributed by atoms with Gasteiger partial charge < -0.3 is 65.0 Å². The standard InChI is InChI=1S/C71H69N5O17/c1-10-36-30(3)41-23-43-32(5)38(62(75-43)58-61(70(87)90-9)67(84)55-33(6)44(76-63(55)58)25-46-37(11-2)31(4)42(73-46)24-45(36)72-41)20-22-53(80)92-48-17-13-12-15-35(48)19-21-52(79)74-47-26-54(91-34(7)64(47)81)93-50-28-71(88,51(78)29-77)27-40-57(50)69(86)60-59(66(40)83)65(82)39-16-14-18-49(89-8)56(39)68(60)85/h10,12-19,21,23-25,32,34,38,47,50,54,61,64,75,77,81,83-84,86,88H,1,11,20,22,26-29H2,2-9H3,(H,74,79)/b21-19+,43-23?,45-24?,46-25?,62-58?/t32-,34-,38-,47-,50-,54-,61?,64+,71-/m0/s1. The van der Waals surface area contributed by atoms with Crippen LogP contribution >= 0.6 is 0 Å². The second kappa shape index (κ2) is 24.4. The normalized spacial score (nSPS) is 26.1. The van der Waals surface area contributed by atoms with Crippen LogP contribution in [0.1, 0.15) is 128 Å². The molecular weight excluding hydrogens is 1190 g/mol. The van der Waals surface area contributed by atoms with Crippen LogP contribution in [0.4, 0.5) is 0 Å². The second-order valence-electron chi connectivity index (χ2n) is 24.4. The SMILES string of the molecule is C=CC1=C(C)C2=NC1=CC1=NC(=CC3=C(C)C4=C(O)C(C(=O)OC)C(=C5NC(=C2)[C@@H](C)[C@@H]5CCC(=O)Oc2ccccc2/C=C/C(=O)N[C@H]2C[C@H](O[C@H]5C[C@](O)(C(=O)CO)Cc6c(O)c7c(c(O)c65)C(=O)c5c(OC)cccc5C7=O)O[C@@H](C)[C@H]2O)C4=N3)C(CC)=C1C. The molecule has 6 heterocycles. The number of aliphatic hydroxyl groups excluding tert-OH is 3. The molecule has 6 aliphatic heterocycles. The Morgan fingerprint density at radius 1 is 0.882 bits per heavy atom. The lowest BCUT2D eigenvalue weighted by molar-refractivity contribution is -0.249. The van der Waals surface area contributed by atoms with Gasteiger partial charge in [0.25, 0.3) is 0 Å². The molecule has 1 unspecified atom stereocenters. The van der Waals surface area contributed by atoms with Crippen molar-refractivity contribution < 1.29 is 83.1 Å². The van der Waals surface area contributed by atoms with Crippen LogP contribution in [0.2, 0.25) is 0 Å². The van der Waals surface area contributed by atoms with Crippen LogP contribution in [0, 0.1) is 17.8 Å². The number of aromatic hydroxyl groups is 2. The third-order valence-electron chi connectivity index (χ3n) is 19.2. The number of carbonyl (C=O) groups is 6. The number of hydrogen-bond donors (Lipinski definition) is 8. The van der Waals surface area contributed by atoms with Gasteiger partial charge in [0.15, 0.2) is 17.9 Å². The van der Waals surface area contributed by atoms with Crippen LogP contribution in [0.5, 0.6) is 23.0 Å². The Kier molecular flexibility index (Phi) is 16.6. The van der Waals surface area contributed by atoms with Crippen molar-refractivity contribution in [3.63, 3.8) is 0 Å². The number of rotatable bonds is 15. The Morgan fingerprint density at radius 3 is 2.32 bits per heavy atom. The van der Waals surface area contributed by atoms with E-state index in [2.05, 4.69) is 24.1 Å². The number of esters is 2. The first kappa shape index (κ1) is 63.4. The molecule has 0 spiro atoms. The topological polar surface area (TPSA) is 331 Å². The number of ketones is 3. The number of nitrogens with zero attached hydrogens (tertiary/aromatic N) is 3. The number of amides is 1. The fourth-order valence-corrected chi connectivity index (χ4v) is 14.2. The molecule has 1 amide bonds. The van der Waals surface area contributed by atoms with E-state index in [1.54, 1.807) is 30.3 Å². The highest BCUT2D eigenvalue weighted by Gasteiger charge is 2.52. The van der Waals surface area contributed by atoms with E-state index in [1.807, 2.05) is 45.9 Å². The van der Waals surface area contributed by atoms with E-state index < -0.39 is 125 Å². The molecular formula is C71H69N5O17. The minimum atomic E-state index is -2.42. The molecule has 9 atom stereocenters. The number of phenolic OH excluding ortho intramolecular Hbond substituents is 2. The van der Waals surface area contributed by atoms with Crippen LogP contribution in [-0.4, -0.2) is 134 Å². The largest absolute Gasteiger partial charge is 0.510 e. The van der Waals surface area contributed by atoms with E-state index in [9.17, 15) is 59.4 Å². The Hall–Kier alpha value is -9.71. The van der Waals surface area contributed by atoms with Crippen molar-refractivity contribution in [3.05, 3.63) is 192 Å². The van der Waals surface area contributed by atoms with Crippen molar-refractivity contribution in [2.45, 2.75) is 116 Å². The van der Waals surface area contributed by atoms with E-state index in [-0.39, 0.29) is 64.7 Å². The van der Waals surface area contributed by atoms with Gasteiger partial charge in [0, 0.05) is 94.0 Å². The lowest BCUT2D eigenvalue weighted by Crippen LogP contribution is -2.55. The first-order chi connectivity index (χ1) is 44.4. The van der Waals surface area contributed by atoms with Crippen molar-refractivity contribution in [1.29, 1.82) is 0 Å². The molecule has 0 saturated carbocycles. The minimum absolute atomic E-state index is 0.0296. The smallest absolute Gasteiger partial charge is 0.321 e. The van der Waals surface area contributed by atoms with E-state index in [0.29, 0.717) is 57.2 Å². The summed E-state index contributed by atoms with van der Waals surface area (Å²) < 4.78 is 29.1. The Morgan fingerprint density at radius 2 is 1.60 bits per heavy atom. The number of Topliss-reactive ketones (excluding diaryl/α,β-unsaturated/α-hetero) is 1. The van der Waals surface area contributed by atoms with Gasteiger partial charge >= 0.3 is 11.9 Å². The molecule has 0 radical (unpaired) electrons. The molecule has 12 rings (SSSR count). The maximum atomic E-state index is 14.2. The highest BCUT2D eigenvalue weighted by atomic mass is 16.7. The third-order valence-corrected chi connectivity index (χ3v) is 19.2. The summed E-state index contributed by atoms with van der Waals surface area (Å²) in [7, 11) is 2.55. The lowest BCUT2D eigenvalue weighted by atomic mass is 9.72. The maximum absolute atomic E-state index is 14.2. The summed E-state index contributed by atoms with van der Waals surface area (Å²) in [5.74, 6) is -8.44. The van der Waals surface area contributed by atoms with Gasteiger partial charge in [0.1, 0.15) is 53.0 Å². The van der Waals surface area contributed by atoms with Gasteiger partial charge in [-0.25, -0.2) is 15.0 Å². The fourth-order valence-electron chi connectivity index (χ4n) is 14.2. The zero-order valence-corrected chi connectivity index (χ0v) is 52.3. The number of fused-ring (bicyclic) bond motifs is 8. The molecule has 3 aromatic rings. The average molecular weight is 1260 g/mol. The highest BCUT2D eigenvalue weighted by molar-refractivity contribution is 6.31. The quantitative estimate of drug-likeness (QED) is 0.0243. The Labute approximate surface area is 534 Å². The number of aliphatic hydroxyl groups is 4. The average Bonchev–Trinajstić information content (AvgIpc) is 1.45. The molecule has 0 aromatic heterocycles. The molecule has 480 valence electrons. The number of methoxy groups -OCH3 is 2. The van der Waals surface area contributed by atoms with E-state index in [0.717, 1.165) is 39.4 Å². The van der Waals surface area contributed by atoms with Gasteiger partial charge in [-0.1, -0.05) is 56.8 Å². The summed E-state index contributed by atoms with van der Waals surface area (Å²) in [4.78, 5) is 98.7. The van der Waals surface area contributed by atoms with Crippen LogP contribution < -0.4 is 20.1 Å². The molecule has 3 aromatic carbocycles. The monoisotopic (exact) mass is 1260 g/mol. The van der Waals surface area contributed by atoms with Gasteiger partial charge in [-0.15, -0.1) is 0 Å². The minimum Gasteiger partial charge on any atom is -0.510 e. The van der Waals surface area contributed by atoms with Crippen LogP contribution in [0.15, 0.2) is 168 Å². The molecule has 8 N–H and O–H groups in total. The van der Waals surface area contributed by atoms with Crippen molar-refractivity contribution in [3.8, 4) is 23.0 Å². The highest BCUT2D eigenvalue weighted by Crippen LogP contribution is 2.54. The number of phenols is 2. The van der Waals surface area contributed by atoms with Crippen molar-refractivity contribution in [2.24, 2.45) is 32.7 Å². The number of para-hydroxylation sites is 1. The van der Waals surface area contributed by atoms with Crippen LogP contribution in [-0.2, 0) is 39.8 Å². The number of allylic oxidation sites excluding steroid dienone is 11. The summed E-state index contributed by atoms with van der Waals surface area (Å²) in [5.41, 5.74) is 6.33. The molecule has 22 nitrogen and oxygen atoms in total. The summed E-state index contributed by atoms with van der Waals surface area (Å²) >= 11 is 0. The van der Waals surface area contributed by atoms with Crippen LogP contribution in [0.3, 0.4) is 0 Å². The summed E-state index contributed by atoms with van der Waals surface area (Å²) in [6.45, 7) is 14.4. The van der Waals surface area contributed by atoms with Crippen molar-refractivity contribution in [2.75, 3.05) is 20.8 Å². The van der Waals surface area contributed by atoms with Gasteiger partial charge in [-0.05, 0) is 99.3 Å². The maximum Gasteiger partial charge on any atom is 0.321 e. The number of aliphatic imine (C=N–C) groups is 3. The predicted molar refractivity (Wildman–Crippen MR) is 339 cm³/mol. The Balaban J connectivity index is 0.783. The van der Waals surface area contributed by atoms with E-state index in [4.69, 9.17) is 38.7 Å². The fraction of sp³-hybridized carbons (Fsp3) is 0.338. The lowest BCUT2D eigenvalue weighted by Gasteiger charge is -2.42. The zero-order chi connectivity index (χ0) is 66.4. The second-order valence-corrected chi connectivity index (χ2v) is 24.4. The van der Waals surface area contributed by atoms with Gasteiger partial charge in [0.2, 0.25) is 11.7 Å². The first-order valence-corrected chi connectivity index (χ1v) is 30.7. The number of nitrogens with one attached hydrogen (secondary N) is 2. The van der Waals surface area contributed by atoms with E-state index >= 15 is 0 Å². The molecule has 9 aliphatic rings. The van der Waals surface area contributed by atoms with Gasteiger partial charge in [-0.3, -0.25) is 28.8 Å². The number of carbonyl (C=O) groups excluding carboxylic acids is 6. The summed E-state index contributed by atoms with van der Waals surface area (Å²) in [6, 6.07) is 9.73. The Bertz CT molecular complexity index is 4310. The van der Waals surface area contributed by atoms with E-state index in [1.165, 1.54) is 51.5 Å². The molecule has 93 heavy (non-hydrogen) atoms. The number of hydrogen-bond acceptors (Lipinski definition) is 21. The van der Waals surface area contributed by atoms with Gasteiger partial charge in [0.05, 0.1) is 83.4 Å². The van der Waals surface area contributed by atoms with Gasteiger partial charge in [-0.2, -0.15) is 0 Å². The number of benzene rings is 3. The first-order valence-electron chi connectivity index (χ1n) is 30.7. The predicted octanol–water partition coefficient (Wildman–Crippen LogP) is 7.81. The molecule has 8 bridgehead atoms. The number of ether oxygens (including phenoxy) is 5. The van der Waals surface area contributed by atoms with Crippen molar-refractivity contribution >= 4 is 58.4 Å². The van der Waals surface area contributed by atoms with Crippen molar-refractivity contribution in [1.82, 2.24) is 10.6 Å². The molecule has 22 heteroatoms. The molecule has 2 fully saturated rings.